The summed E-state index contributed by atoms with van der Waals surface area (Å²) in [6, 6.07) is 3.90. The monoisotopic (exact) mass is 355 g/mol. The fourth-order valence-electron chi connectivity index (χ4n) is 2.46. The highest BCUT2D eigenvalue weighted by atomic mass is 79.9. The van der Waals surface area contributed by atoms with Crippen molar-refractivity contribution in [3.05, 3.63) is 27.5 Å². The lowest BCUT2D eigenvalue weighted by molar-refractivity contribution is 0.0912. The van der Waals surface area contributed by atoms with Gasteiger partial charge in [0.2, 0.25) is 0 Å². The third-order valence-electron chi connectivity index (χ3n) is 3.57. The van der Waals surface area contributed by atoms with Crippen LogP contribution in [-0.4, -0.2) is 16.4 Å². The molecule has 0 spiro atoms. The first-order valence-electron chi connectivity index (χ1n) is 6.61. The number of aromatic nitrogens is 1. The highest BCUT2D eigenvalue weighted by molar-refractivity contribution is 9.10. The lowest BCUT2D eigenvalue weighted by Gasteiger charge is -2.26. The first kappa shape index (κ1) is 15.3. The number of nitriles is 1. The minimum atomic E-state index is -0.779. The molecule has 0 unspecified atom stereocenters. The number of halogens is 2. The quantitative estimate of drug-likeness (QED) is 0.646. The molecule has 1 N–H and O–H groups in total. The van der Waals surface area contributed by atoms with Gasteiger partial charge in [-0.2, -0.15) is 5.26 Å². The van der Waals surface area contributed by atoms with E-state index in [9.17, 15) is 10.1 Å². The molecule has 0 aliphatic heterocycles. The summed E-state index contributed by atoms with van der Waals surface area (Å²) in [5, 5.41) is 12.5. The number of rotatable bonds is 2. The van der Waals surface area contributed by atoms with E-state index in [2.05, 4.69) is 32.3 Å². The van der Waals surface area contributed by atoms with Crippen molar-refractivity contribution in [3.63, 3.8) is 0 Å². The lowest BCUT2D eigenvalue weighted by atomic mass is 9.91. The Morgan fingerprint density at radius 3 is 2.65 bits per heavy atom. The molecule has 0 atom stereocenters. The predicted octanol–water partition coefficient (Wildman–Crippen LogP) is 3.84. The first-order chi connectivity index (χ1) is 9.56. The first-order valence-corrected chi connectivity index (χ1v) is 7.78. The molecule has 1 aliphatic rings. The molecule has 106 valence electrons. The predicted molar refractivity (Wildman–Crippen MR) is 80.5 cm³/mol. The number of carbonyl (C=O) groups excluding carboxylic acids is 1. The molecule has 1 amide bonds. The molecule has 6 heteroatoms. The number of amides is 1. The number of nitrogens with zero attached hydrogens (tertiary/aromatic N) is 2. The second-order valence-corrected chi connectivity index (χ2v) is 6.33. The van der Waals surface area contributed by atoms with E-state index in [4.69, 9.17) is 11.6 Å². The molecule has 0 bridgehead atoms. The SMILES string of the molecule is N#CC1(NC(=O)c2cc(Br)cnc2Cl)CCCCCC1. The minimum Gasteiger partial charge on any atom is -0.334 e. The fraction of sp³-hybridized carbons (Fsp3) is 0.500. The number of pyridine rings is 1. The van der Waals surface area contributed by atoms with Crippen molar-refractivity contribution < 1.29 is 4.79 Å². The second kappa shape index (κ2) is 6.55. The maximum absolute atomic E-state index is 12.4. The van der Waals surface area contributed by atoms with Gasteiger partial charge < -0.3 is 5.32 Å². The van der Waals surface area contributed by atoms with Gasteiger partial charge >= 0.3 is 0 Å². The van der Waals surface area contributed by atoms with Gasteiger partial charge in [-0.3, -0.25) is 4.79 Å². The molecule has 1 fully saturated rings. The lowest BCUT2D eigenvalue weighted by Crippen LogP contribution is -2.47. The Morgan fingerprint density at radius 1 is 1.40 bits per heavy atom. The van der Waals surface area contributed by atoms with E-state index in [1.165, 1.54) is 6.20 Å². The molecule has 0 aromatic carbocycles. The van der Waals surface area contributed by atoms with Gasteiger partial charge in [0.25, 0.3) is 5.91 Å². The van der Waals surface area contributed by atoms with Crippen molar-refractivity contribution in [2.24, 2.45) is 0 Å². The Hall–Kier alpha value is -1.12. The van der Waals surface area contributed by atoms with Gasteiger partial charge in [-0.15, -0.1) is 0 Å². The molecule has 20 heavy (non-hydrogen) atoms. The van der Waals surface area contributed by atoms with Crippen molar-refractivity contribution >= 4 is 33.4 Å². The van der Waals surface area contributed by atoms with Gasteiger partial charge in [0.15, 0.2) is 0 Å². The summed E-state index contributed by atoms with van der Waals surface area (Å²) in [7, 11) is 0. The number of hydrogen-bond acceptors (Lipinski definition) is 3. The smallest absolute Gasteiger partial charge is 0.255 e. The van der Waals surface area contributed by atoms with Crippen molar-refractivity contribution in [3.8, 4) is 6.07 Å². The molecular formula is C14H15BrClN3O. The highest BCUT2D eigenvalue weighted by Crippen LogP contribution is 2.27. The maximum Gasteiger partial charge on any atom is 0.255 e. The normalized spacial score (nSPS) is 17.9. The molecular weight excluding hydrogens is 342 g/mol. The van der Waals surface area contributed by atoms with E-state index in [0.29, 0.717) is 22.9 Å². The van der Waals surface area contributed by atoms with Gasteiger partial charge in [0, 0.05) is 10.7 Å². The Labute approximate surface area is 131 Å². The summed E-state index contributed by atoms with van der Waals surface area (Å²) >= 11 is 9.22. The standard InChI is InChI=1S/C14H15BrClN3O/c15-10-7-11(12(16)18-8-10)13(20)19-14(9-17)5-3-1-2-4-6-14/h7-8H,1-6H2,(H,19,20). The third kappa shape index (κ3) is 3.50. The summed E-state index contributed by atoms with van der Waals surface area (Å²) in [4.78, 5) is 16.3. The minimum absolute atomic E-state index is 0.146. The zero-order valence-electron chi connectivity index (χ0n) is 11.0. The van der Waals surface area contributed by atoms with Crippen LogP contribution < -0.4 is 5.32 Å². The summed E-state index contributed by atoms with van der Waals surface area (Å²) in [5.41, 5.74) is -0.487. The highest BCUT2D eigenvalue weighted by Gasteiger charge is 2.33. The van der Waals surface area contributed by atoms with Crippen LogP contribution in [0.2, 0.25) is 5.15 Å². The van der Waals surface area contributed by atoms with E-state index in [-0.39, 0.29) is 11.1 Å². The van der Waals surface area contributed by atoms with Gasteiger partial charge in [0.05, 0.1) is 11.6 Å². The summed E-state index contributed by atoms with van der Waals surface area (Å²) in [5.74, 6) is -0.341. The van der Waals surface area contributed by atoms with Crippen LogP contribution in [0.25, 0.3) is 0 Å². The molecule has 4 nitrogen and oxygen atoms in total. The molecule has 1 aromatic heterocycles. The average Bonchev–Trinajstić information content (AvgIpc) is 2.67. The zero-order valence-corrected chi connectivity index (χ0v) is 13.3. The fourth-order valence-corrected chi connectivity index (χ4v) is 2.98. The second-order valence-electron chi connectivity index (χ2n) is 5.05. The molecule has 1 saturated carbocycles. The Kier molecular flexibility index (Phi) is 5.00. The van der Waals surface area contributed by atoms with Gasteiger partial charge in [-0.05, 0) is 34.8 Å². The van der Waals surface area contributed by atoms with Crippen LogP contribution >= 0.6 is 27.5 Å². The van der Waals surface area contributed by atoms with Crippen molar-refractivity contribution in [1.29, 1.82) is 5.26 Å². The van der Waals surface area contributed by atoms with Crippen molar-refractivity contribution in [1.82, 2.24) is 10.3 Å². The average molecular weight is 357 g/mol. The van der Waals surface area contributed by atoms with Crippen molar-refractivity contribution in [2.45, 2.75) is 44.1 Å². The Morgan fingerprint density at radius 2 is 2.05 bits per heavy atom. The van der Waals surface area contributed by atoms with E-state index in [1.54, 1.807) is 6.07 Å². The zero-order chi connectivity index (χ0) is 14.6. The van der Waals surface area contributed by atoms with Crippen LogP contribution in [0.3, 0.4) is 0 Å². The van der Waals surface area contributed by atoms with Gasteiger partial charge in [-0.25, -0.2) is 4.98 Å². The molecule has 1 heterocycles. The van der Waals surface area contributed by atoms with Crippen LogP contribution in [0.4, 0.5) is 0 Å². The van der Waals surface area contributed by atoms with E-state index in [0.717, 1.165) is 25.7 Å². The molecule has 1 aliphatic carbocycles. The number of carbonyl (C=O) groups is 1. The molecule has 2 rings (SSSR count). The summed E-state index contributed by atoms with van der Waals surface area (Å²) in [6.07, 6.45) is 7.04. The summed E-state index contributed by atoms with van der Waals surface area (Å²) < 4.78 is 0.680. The van der Waals surface area contributed by atoms with Crippen LogP contribution in [-0.2, 0) is 0 Å². The van der Waals surface area contributed by atoms with Gasteiger partial charge in [-0.1, -0.05) is 37.3 Å². The largest absolute Gasteiger partial charge is 0.334 e. The molecule has 0 saturated heterocycles. The van der Waals surface area contributed by atoms with Crippen LogP contribution in [0.5, 0.6) is 0 Å². The Balaban J connectivity index is 2.21. The van der Waals surface area contributed by atoms with Gasteiger partial charge in [0.1, 0.15) is 10.7 Å². The topological polar surface area (TPSA) is 65.8 Å². The molecule has 1 aromatic rings. The molecule has 0 radical (unpaired) electrons. The van der Waals surface area contributed by atoms with E-state index in [1.807, 2.05) is 0 Å². The summed E-state index contributed by atoms with van der Waals surface area (Å²) in [6.45, 7) is 0. The number of nitrogens with one attached hydrogen (secondary N) is 1. The maximum atomic E-state index is 12.4. The van der Waals surface area contributed by atoms with E-state index < -0.39 is 5.54 Å². The van der Waals surface area contributed by atoms with E-state index >= 15 is 0 Å². The third-order valence-corrected chi connectivity index (χ3v) is 4.31. The van der Waals surface area contributed by atoms with Crippen molar-refractivity contribution in [2.75, 3.05) is 0 Å². The van der Waals surface area contributed by atoms with Crippen LogP contribution in [0.1, 0.15) is 48.9 Å². The Bertz CT molecular complexity index is 548. The van der Waals surface area contributed by atoms with Crippen LogP contribution in [0.15, 0.2) is 16.7 Å². The van der Waals surface area contributed by atoms with Crippen LogP contribution in [0, 0.1) is 11.3 Å². The number of hydrogen-bond donors (Lipinski definition) is 1.